The number of hydrogen-bond donors (Lipinski definition) is 1. The molecule has 1 aliphatic carbocycles. The predicted molar refractivity (Wildman–Crippen MR) is 62.3 cm³/mol. The molecule has 0 aromatic heterocycles. The van der Waals surface area contributed by atoms with Crippen LogP contribution >= 0.6 is 0 Å². The van der Waals surface area contributed by atoms with E-state index in [0.29, 0.717) is 18.1 Å². The summed E-state index contributed by atoms with van der Waals surface area (Å²) in [4.78, 5) is 2.45. The molecule has 0 spiro atoms. The van der Waals surface area contributed by atoms with Gasteiger partial charge in [-0.15, -0.1) is 0 Å². The molecule has 0 radical (unpaired) electrons. The summed E-state index contributed by atoms with van der Waals surface area (Å²) in [5.41, 5.74) is 6.19. The molecule has 0 bridgehead atoms. The zero-order chi connectivity index (χ0) is 10.7. The van der Waals surface area contributed by atoms with Crippen LogP contribution in [0, 0.1) is 5.92 Å². The van der Waals surface area contributed by atoms with E-state index in [2.05, 4.69) is 32.7 Å². The summed E-state index contributed by atoms with van der Waals surface area (Å²) in [7, 11) is 2.22. The van der Waals surface area contributed by atoms with E-state index < -0.39 is 0 Å². The van der Waals surface area contributed by atoms with Crippen LogP contribution in [-0.4, -0.2) is 30.1 Å². The van der Waals surface area contributed by atoms with E-state index in [4.69, 9.17) is 5.73 Å². The Morgan fingerprint density at radius 3 is 2.50 bits per heavy atom. The molecule has 1 aliphatic rings. The maximum absolute atomic E-state index is 6.19. The van der Waals surface area contributed by atoms with Crippen molar-refractivity contribution in [2.24, 2.45) is 11.7 Å². The Hall–Kier alpha value is -0.0800. The van der Waals surface area contributed by atoms with Crippen LogP contribution in [0.25, 0.3) is 0 Å². The Balaban J connectivity index is 2.55. The Kier molecular flexibility index (Phi) is 4.39. The fourth-order valence-electron chi connectivity index (χ4n) is 2.48. The van der Waals surface area contributed by atoms with E-state index in [9.17, 15) is 0 Å². The molecule has 0 aliphatic heterocycles. The third-order valence-corrected chi connectivity index (χ3v) is 3.89. The summed E-state index contributed by atoms with van der Waals surface area (Å²) in [5, 5.41) is 0. The monoisotopic (exact) mass is 198 g/mol. The van der Waals surface area contributed by atoms with Crippen LogP contribution in [0.4, 0.5) is 0 Å². The first kappa shape index (κ1) is 12.0. The Bertz CT molecular complexity index is 168. The van der Waals surface area contributed by atoms with Gasteiger partial charge in [0.25, 0.3) is 0 Å². The summed E-state index contributed by atoms with van der Waals surface area (Å²) in [6.07, 6.45) is 5.15. The minimum absolute atomic E-state index is 0.394. The molecule has 14 heavy (non-hydrogen) atoms. The molecule has 0 amide bonds. The number of rotatable bonds is 3. The molecule has 0 saturated heterocycles. The molecule has 0 heterocycles. The molecular weight excluding hydrogens is 172 g/mol. The van der Waals surface area contributed by atoms with Crippen molar-refractivity contribution in [3.05, 3.63) is 0 Å². The number of nitrogens with zero attached hydrogens (tertiary/aromatic N) is 1. The van der Waals surface area contributed by atoms with Crippen molar-refractivity contribution in [2.45, 2.75) is 64.6 Å². The second-order valence-electron chi connectivity index (χ2n) is 5.08. The summed E-state index contributed by atoms with van der Waals surface area (Å²) >= 11 is 0. The minimum atomic E-state index is 0.394. The van der Waals surface area contributed by atoms with Crippen LogP contribution in [0.2, 0.25) is 0 Å². The molecular formula is C12H26N2. The van der Waals surface area contributed by atoms with E-state index in [-0.39, 0.29) is 0 Å². The van der Waals surface area contributed by atoms with Gasteiger partial charge < -0.3 is 5.73 Å². The van der Waals surface area contributed by atoms with Gasteiger partial charge in [-0.2, -0.15) is 0 Å². The maximum atomic E-state index is 6.19. The molecule has 3 atom stereocenters. The van der Waals surface area contributed by atoms with E-state index >= 15 is 0 Å². The highest BCUT2D eigenvalue weighted by atomic mass is 15.2. The molecule has 2 heteroatoms. The van der Waals surface area contributed by atoms with Gasteiger partial charge in [0.15, 0.2) is 0 Å². The Labute approximate surface area is 88.8 Å². The summed E-state index contributed by atoms with van der Waals surface area (Å²) in [6, 6.07) is 1.61. The van der Waals surface area contributed by atoms with Crippen molar-refractivity contribution >= 4 is 0 Å². The van der Waals surface area contributed by atoms with Crippen LogP contribution in [0.5, 0.6) is 0 Å². The van der Waals surface area contributed by atoms with Crippen molar-refractivity contribution in [3.8, 4) is 0 Å². The maximum Gasteiger partial charge on any atom is 0.0249 e. The lowest BCUT2D eigenvalue weighted by Crippen LogP contribution is -2.51. The molecule has 2 nitrogen and oxygen atoms in total. The lowest BCUT2D eigenvalue weighted by atomic mass is 9.80. The summed E-state index contributed by atoms with van der Waals surface area (Å²) in [5.74, 6) is 0.904. The number of likely N-dealkylation sites (N-methyl/N-ethyl adjacent to an activating group) is 1. The van der Waals surface area contributed by atoms with Gasteiger partial charge >= 0.3 is 0 Å². The van der Waals surface area contributed by atoms with Crippen LogP contribution in [0.3, 0.4) is 0 Å². The lowest BCUT2D eigenvalue weighted by Gasteiger charge is -2.41. The van der Waals surface area contributed by atoms with Gasteiger partial charge in [0, 0.05) is 18.1 Å². The zero-order valence-electron chi connectivity index (χ0n) is 10.2. The topological polar surface area (TPSA) is 29.3 Å². The van der Waals surface area contributed by atoms with Crippen molar-refractivity contribution in [1.29, 1.82) is 0 Å². The Morgan fingerprint density at radius 1 is 1.36 bits per heavy atom. The van der Waals surface area contributed by atoms with Crippen LogP contribution < -0.4 is 5.73 Å². The predicted octanol–water partition coefficient (Wildman–Crippen LogP) is 2.23. The number of hydrogen-bond acceptors (Lipinski definition) is 2. The molecule has 0 aromatic carbocycles. The first-order valence-corrected chi connectivity index (χ1v) is 6.03. The molecule has 3 unspecified atom stereocenters. The van der Waals surface area contributed by atoms with Crippen molar-refractivity contribution in [1.82, 2.24) is 4.90 Å². The zero-order valence-corrected chi connectivity index (χ0v) is 10.2. The van der Waals surface area contributed by atoms with Gasteiger partial charge in [-0.1, -0.05) is 13.3 Å². The average Bonchev–Trinajstić information content (AvgIpc) is 2.17. The second kappa shape index (κ2) is 5.13. The number of nitrogens with two attached hydrogens (primary N) is 1. The smallest absolute Gasteiger partial charge is 0.0249 e. The van der Waals surface area contributed by atoms with Gasteiger partial charge in [-0.3, -0.25) is 4.90 Å². The van der Waals surface area contributed by atoms with Crippen molar-refractivity contribution < 1.29 is 0 Å². The summed E-state index contributed by atoms with van der Waals surface area (Å²) in [6.45, 7) is 6.80. The second-order valence-corrected chi connectivity index (χ2v) is 5.08. The van der Waals surface area contributed by atoms with E-state index in [1.54, 1.807) is 0 Å². The van der Waals surface area contributed by atoms with Crippen LogP contribution in [0.1, 0.15) is 46.5 Å². The van der Waals surface area contributed by atoms with Crippen LogP contribution in [-0.2, 0) is 0 Å². The van der Waals surface area contributed by atoms with Gasteiger partial charge in [-0.05, 0) is 46.1 Å². The highest BCUT2D eigenvalue weighted by molar-refractivity contribution is 4.88. The molecule has 1 fully saturated rings. The third kappa shape index (κ3) is 2.71. The van der Waals surface area contributed by atoms with Crippen LogP contribution in [0.15, 0.2) is 0 Å². The molecule has 1 saturated carbocycles. The van der Waals surface area contributed by atoms with Crippen molar-refractivity contribution in [2.75, 3.05) is 7.05 Å². The highest BCUT2D eigenvalue weighted by Crippen LogP contribution is 2.29. The fraction of sp³-hybridized carbons (Fsp3) is 1.00. The standard InChI is InChI=1S/C12H26N2/c1-5-10-6-7-11(13)12(8-10)14(4)9(2)3/h9-12H,5-8,13H2,1-4H3. The summed E-state index contributed by atoms with van der Waals surface area (Å²) < 4.78 is 0. The minimum Gasteiger partial charge on any atom is -0.326 e. The molecule has 84 valence electrons. The van der Waals surface area contributed by atoms with Gasteiger partial charge in [0.05, 0.1) is 0 Å². The quantitative estimate of drug-likeness (QED) is 0.753. The lowest BCUT2D eigenvalue weighted by molar-refractivity contribution is 0.109. The van der Waals surface area contributed by atoms with E-state index in [1.165, 1.54) is 25.7 Å². The SMILES string of the molecule is CCC1CCC(N)C(N(C)C(C)C)C1. The van der Waals surface area contributed by atoms with Gasteiger partial charge in [0.1, 0.15) is 0 Å². The normalized spacial score (nSPS) is 34.1. The van der Waals surface area contributed by atoms with E-state index in [1.807, 2.05) is 0 Å². The molecule has 2 N–H and O–H groups in total. The average molecular weight is 198 g/mol. The highest BCUT2D eigenvalue weighted by Gasteiger charge is 2.30. The largest absolute Gasteiger partial charge is 0.326 e. The van der Waals surface area contributed by atoms with E-state index in [0.717, 1.165) is 5.92 Å². The Morgan fingerprint density at radius 2 is 2.00 bits per heavy atom. The molecule has 0 aromatic rings. The van der Waals surface area contributed by atoms with Gasteiger partial charge in [0.2, 0.25) is 0 Å². The van der Waals surface area contributed by atoms with Gasteiger partial charge in [-0.25, -0.2) is 0 Å². The third-order valence-electron chi connectivity index (χ3n) is 3.89. The first-order chi connectivity index (χ1) is 6.56. The fourth-order valence-corrected chi connectivity index (χ4v) is 2.48. The first-order valence-electron chi connectivity index (χ1n) is 6.03. The molecule has 1 rings (SSSR count). The van der Waals surface area contributed by atoms with Crippen molar-refractivity contribution in [3.63, 3.8) is 0 Å².